The van der Waals surface area contributed by atoms with Gasteiger partial charge in [-0.25, -0.2) is 0 Å². The number of carbonyl (C=O) groups is 1. The van der Waals surface area contributed by atoms with Crippen LogP contribution in [0.25, 0.3) is 0 Å². The number of hydrogen-bond acceptors (Lipinski definition) is 2. The standard InChI is InChI=1S/C11H13F3N2O/c1-2-6-16-10(17)7-4-3-5-8(9(7)15)11(12,13)14/h3-5H,2,6,15H2,1H3,(H,16,17). The van der Waals surface area contributed by atoms with Gasteiger partial charge in [0.05, 0.1) is 16.8 Å². The summed E-state index contributed by atoms with van der Waals surface area (Å²) in [4.78, 5) is 11.5. The van der Waals surface area contributed by atoms with E-state index in [9.17, 15) is 18.0 Å². The molecule has 3 nitrogen and oxygen atoms in total. The third-order valence-electron chi connectivity index (χ3n) is 2.19. The van der Waals surface area contributed by atoms with Crippen LogP contribution in [-0.4, -0.2) is 12.5 Å². The van der Waals surface area contributed by atoms with E-state index in [0.717, 1.165) is 6.07 Å². The van der Waals surface area contributed by atoms with E-state index < -0.39 is 23.3 Å². The quantitative estimate of drug-likeness (QED) is 0.805. The van der Waals surface area contributed by atoms with Crippen molar-refractivity contribution in [2.24, 2.45) is 0 Å². The SMILES string of the molecule is CCCNC(=O)c1cccc(C(F)(F)F)c1N. The minimum Gasteiger partial charge on any atom is -0.398 e. The second kappa shape index (κ2) is 5.07. The first kappa shape index (κ1) is 13.3. The maximum absolute atomic E-state index is 12.5. The van der Waals surface area contributed by atoms with Gasteiger partial charge >= 0.3 is 6.18 Å². The Hall–Kier alpha value is -1.72. The van der Waals surface area contributed by atoms with Gasteiger partial charge in [-0.1, -0.05) is 13.0 Å². The van der Waals surface area contributed by atoms with Crippen molar-refractivity contribution in [3.05, 3.63) is 29.3 Å². The fraction of sp³-hybridized carbons (Fsp3) is 0.364. The fourth-order valence-electron chi connectivity index (χ4n) is 1.34. The summed E-state index contributed by atoms with van der Waals surface area (Å²) in [5, 5.41) is 2.48. The lowest BCUT2D eigenvalue weighted by Gasteiger charge is -2.13. The Morgan fingerprint density at radius 2 is 2.06 bits per heavy atom. The summed E-state index contributed by atoms with van der Waals surface area (Å²) in [5.74, 6) is -0.588. The largest absolute Gasteiger partial charge is 0.418 e. The Balaban J connectivity index is 3.06. The molecule has 0 bridgehead atoms. The van der Waals surface area contributed by atoms with Gasteiger partial charge in [-0.3, -0.25) is 4.79 Å². The predicted molar refractivity (Wildman–Crippen MR) is 58.5 cm³/mol. The molecule has 0 aromatic heterocycles. The van der Waals surface area contributed by atoms with Gasteiger partial charge in [0.2, 0.25) is 0 Å². The normalized spacial score (nSPS) is 11.3. The van der Waals surface area contributed by atoms with E-state index in [1.807, 2.05) is 6.92 Å². The fourth-order valence-corrected chi connectivity index (χ4v) is 1.34. The van der Waals surface area contributed by atoms with Gasteiger partial charge in [0.1, 0.15) is 0 Å². The Kier molecular flexibility index (Phi) is 3.98. The van der Waals surface area contributed by atoms with Gasteiger partial charge < -0.3 is 11.1 Å². The number of nitrogens with two attached hydrogens (primary N) is 1. The predicted octanol–water partition coefficient (Wildman–Crippen LogP) is 2.43. The Morgan fingerprint density at radius 3 is 2.59 bits per heavy atom. The summed E-state index contributed by atoms with van der Waals surface area (Å²) >= 11 is 0. The van der Waals surface area contributed by atoms with Crippen LogP contribution < -0.4 is 11.1 Å². The van der Waals surface area contributed by atoms with E-state index >= 15 is 0 Å². The van der Waals surface area contributed by atoms with Crippen molar-refractivity contribution < 1.29 is 18.0 Å². The Labute approximate surface area is 96.8 Å². The highest BCUT2D eigenvalue weighted by molar-refractivity contribution is 5.99. The van der Waals surface area contributed by atoms with Crippen molar-refractivity contribution in [1.82, 2.24) is 5.32 Å². The second-order valence-electron chi connectivity index (χ2n) is 3.52. The van der Waals surface area contributed by atoms with Crippen LogP contribution in [0.4, 0.5) is 18.9 Å². The number of carbonyl (C=O) groups excluding carboxylic acids is 1. The monoisotopic (exact) mass is 246 g/mol. The number of anilines is 1. The van der Waals surface area contributed by atoms with Crippen LogP contribution >= 0.6 is 0 Å². The maximum Gasteiger partial charge on any atom is 0.418 e. The summed E-state index contributed by atoms with van der Waals surface area (Å²) < 4.78 is 37.6. The third-order valence-corrected chi connectivity index (χ3v) is 2.19. The lowest BCUT2D eigenvalue weighted by Crippen LogP contribution is -2.25. The van der Waals surface area contributed by atoms with Crippen molar-refractivity contribution in [2.45, 2.75) is 19.5 Å². The van der Waals surface area contributed by atoms with Crippen LogP contribution in [0.15, 0.2) is 18.2 Å². The minimum absolute atomic E-state index is 0.145. The molecule has 0 aliphatic carbocycles. The van der Waals surface area contributed by atoms with Crippen LogP contribution in [0, 0.1) is 0 Å². The van der Waals surface area contributed by atoms with Gasteiger partial charge in [-0.15, -0.1) is 0 Å². The average molecular weight is 246 g/mol. The summed E-state index contributed by atoms with van der Waals surface area (Å²) in [7, 11) is 0. The van der Waals surface area contributed by atoms with E-state index in [-0.39, 0.29) is 5.56 Å². The van der Waals surface area contributed by atoms with Gasteiger partial charge in [0.25, 0.3) is 5.91 Å². The summed E-state index contributed by atoms with van der Waals surface area (Å²) in [6, 6.07) is 3.29. The lowest BCUT2D eigenvalue weighted by atomic mass is 10.1. The molecule has 0 saturated carbocycles. The zero-order valence-corrected chi connectivity index (χ0v) is 9.27. The number of halogens is 3. The average Bonchev–Trinajstić information content (AvgIpc) is 2.24. The van der Waals surface area contributed by atoms with Crippen LogP contribution in [0.3, 0.4) is 0 Å². The van der Waals surface area contributed by atoms with E-state index in [0.29, 0.717) is 13.0 Å². The van der Waals surface area contributed by atoms with Crippen LogP contribution in [-0.2, 0) is 6.18 Å². The molecule has 1 aromatic carbocycles. The van der Waals surface area contributed by atoms with Gasteiger partial charge in [0.15, 0.2) is 0 Å². The first-order valence-corrected chi connectivity index (χ1v) is 5.11. The van der Waals surface area contributed by atoms with E-state index in [4.69, 9.17) is 5.73 Å². The molecular weight excluding hydrogens is 233 g/mol. The molecule has 1 amide bonds. The van der Waals surface area contributed by atoms with E-state index in [1.165, 1.54) is 12.1 Å². The molecule has 0 atom stereocenters. The first-order valence-electron chi connectivity index (χ1n) is 5.11. The van der Waals surface area contributed by atoms with Gasteiger partial charge in [-0.2, -0.15) is 13.2 Å². The summed E-state index contributed by atoms with van der Waals surface area (Å²) in [6.07, 6.45) is -3.85. The van der Waals surface area contributed by atoms with Crippen molar-refractivity contribution in [3.8, 4) is 0 Å². The third kappa shape index (κ3) is 3.12. The number of rotatable bonds is 3. The second-order valence-corrected chi connectivity index (χ2v) is 3.52. The highest BCUT2D eigenvalue weighted by Gasteiger charge is 2.34. The molecule has 1 aromatic rings. The topological polar surface area (TPSA) is 55.1 Å². The highest BCUT2D eigenvalue weighted by atomic mass is 19.4. The van der Waals surface area contributed by atoms with Crippen LogP contribution in [0.1, 0.15) is 29.3 Å². The molecule has 3 N–H and O–H groups in total. The molecule has 94 valence electrons. The molecule has 0 radical (unpaired) electrons. The molecular formula is C11H13F3N2O. The maximum atomic E-state index is 12.5. The molecule has 6 heteroatoms. The first-order chi connectivity index (χ1) is 7.88. The van der Waals surface area contributed by atoms with Gasteiger partial charge in [0, 0.05) is 6.54 Å². The smallest absolute Gasteiger partial charge is 0.398 e. The molecule has 1 rings (SSSR count). The van der Waals surface area contributed by atoms with Crippen LogP contribution in [0.2, 0.25) is 0 Å². The van der Waals surface area contributed by atoms with Crippen molar-refractivity contribution >= 4 is 11.6 Å². The Morgan fingerprint density at radius 1 is 1.41 bits per heavy atom. The van der Waals surface area contributed by atoms with Crippen molar-refractivity contribution in [2.75, 3.05) is 12.3 Å². The summed E-state index contributed by atoms with van der Waals surface area (Å²) in [6.45, 7) is 2.24. The molecule has 17 heavy (non-hydrogen) atoms. The molecule has 0 aliphatic rings. The van der Waals surface area contributed by atoms with Crippen molar-refractivity contribution in [3.63, 3.8) is 0 Å². The van der Waals surface area contributed by atoms with Crippen molar-refractivity contribution in [1.29, 1.82) is 0 Å². The number of benzene rings is 1. The number of nitrogen functional groups attached to an aromatic ring is 1. The number of hydrogen-bond donors (Lipinski definition) is 2. The highest BCUT2D eigenvalue weighted by Crippen LogP contribution is 2.34. The van der Waals surface area contributed by atoms with E-state index in [2.05, 4.69) is 5.32 Å². The zero-order chi connectivity index (χ0) is 13.1. The molecule has 0 spiro atoms. The number of nitrogens with one attached hydrogen (secondary N) is 1. The molecule has 0 aliphatic heterocycles. The lowest BCUT2D eigenvalue weighted by molar-refractivity contribution is -0.136. The molecule has 0 saturated heterocycles. The zero-order valence-electron chi connectivity index (χ0n) is 9.27. The number of para-hydroxylation sites is 1. The summed E-state index contributed by atoms with van der Waals surface area (Å²) in [5.41, 5.74) is 3.70. The molecule has 0 fully saturated rings. The van der Waals surface area contributed by atoms with Gasteiger partial charge in [-0.05, 0) is 18.6 Å². The molecule has 0 unspecified atom stereocenters. The molecule has 0 heterocycles. The number of amides is 1. The van der Waals surface area contributed by atoms with Crippen LogP contribution in [0.5, 0.6) is 0 Å². The minimum atomic E-state index is -4.55. The number of alkyl halides is 3. The van der Waals surface area contributed by atoms with E-state index in [1.54, 1.807) is 0 Å². The Bertz CT molecular complexity index is 416.